The molecule has 1 N–H and O–H groups in total. The molecular weight excluding hydrogens is 204 g/mol. The van der Waals surface area contributed by atoms with Gasteiger partial charge in [0.2, 0.25) is 0 Å². The molecule has 3 nitrogen and oxygen atoms in total. The van der Waals surface area contributed by atoms with Gasteiger partial charge in [0.1, 0.15) is 0 Å². The van der Waals surface area contributed by atoms with Crippen molar-refractivity contribution in [3.05, 3.63) is 24.3 Å². The second-order valence-electron chi connectivity index (χ2n) is 3.88. The number of hydrogen-bond donors (Lipinski definition) is 1. The molecule has 0 aromatic rings. The van der Waals surface area contributed by atoms with Gasteiger partial charge in [-0.25, -0.2) is 4.79 Å². The quantitative estimate of drug-likeness (QED) is 0.373. The number of rotatable bonds is 9. The number of allylic oxidation sites excluding steroid dienone is 2. The van der Waals surface area contributed by atoms with Crippen LogP contribution in [0.15, 0.2) is 24.3 Å². The first-order valence-corrected chi connectivity index (χ1v) is 5.70. The Bertz CT molecular complexity index is 244. The molecule has 0 saturated heterocycles. The Morgan fingerprint density at radius 2 is 2.19 bits per heavy atom. The van der Waals surface area contributed by atoms with Crippen LogP contribution >= 0.6 is 0 Å². The van der Waals surface area contributed by atoms with Crippen LogP contribution in [-0.4, -0.2) is 23.8 Å². The molecule has 0 bridgehead atoms. The van der Waals surface area contributed by atoms with E-state index >= 15 is 0 Å². The van der Waals surface area contributed by atoms with Gasteiger partial charge in [-0.05, 0) is 39.5 Å². The Morgan fingerprint density at radius 1 is 1.50 bits per heavy atom. The maximum Gasteiger partial charge on any atom is 0.330 e. The summed E-state index contributed by atoms with van der Waals surface area (Å²) >= 11 is 0. The van der Waals surface area contributed by atoms with Gasteiger partial charge in [0.05, 0.1) is 6.10 Å². The minimum atomic E-state index is -0.848. The minimum absolute atomic E-state index is 0.183. The van der Waals surface area contributed by atoms with Crippen LogP contribution in [0, 0.1) is 0 Å². The molecular formula is C13H22O3. The molecule has 0 aliphatic rings. The lowest BCUT2D eigenvalue weighted by Crippen LogP contribution is -2.08. The molecule has 0 aliphatic heterocycles. The topological polar surface area (TPSA) is 46.5 Å². The lowest BCUT2D eigenvalue weighted by Gasteiger charge is -2.11. The third-order valence-corrected chi connectivity index (χ3v) is 2.32. The molecule has 0 fully saturated rings. The van der Waals surface area contributed by atoms with Crippen LogP contribution < -0.4 is 0 Å². The van der Waals surface area contributed by atoms with Gasteiger partial charge in [0.25, 0.3) is 0 Å². The standard InChI is InChI=1S/C13H22O3/c1-4-5-6-10-16-12(3)9-7-8-11(2)13(14)15/h4,8,12H,1,5-7,9-10H2,2-3H3,(H,14,15). The van der Waals surface area contributed by atoms with Crippen molar-refractivity contribution in [1.82, 2.24) is 0 Å². The second kappa shape index (κ2) is 9.16. The van der Waals surface area contributed by atoms with Crippen molar-refractivity contribution in [2.45, 2.75) is 45.6 Å². The number of unbranched alkanes of at least 4 members (excludes halogenated alkanes) is 1. The van der Waals surface area contributed by atoms with Crippen molar-refractivity contribution in [2.24, 2.45) is 0 Å². The molecule has 0 aliphatic carbocycles. The van der Waals surface area contributed by atoms with Gasteiger partial charge in [-0.2, -0.15) is 0 Å². The SMILES string of the molecule is C=CCCCOC(C)CCC=C(C)C(=O)O. The number of hydrogen-bond acceptors (Lipinski definition) is 2. The summed E-state index contributed by atoms with van der Waals surface area (Å²) in [7, 11) is 0. The molecule has 0 aromatic heterocycles. The number of carboxylic acid groups (broad SMARTS) is 1. The van der Waals surface area contributed by atoms with Crippen molar-refractivity contribution in [3.63, 3.8) is 0 Å². The van der Waals surface area contributed by atoms with Crippen LogP contribution in [0.5, 0.6) is 0 Å². The van der Waals surface area contributed by atoms with Crippen LogP contribution in [0.4, 0.5) is 0 Å². The Balaban J connectivity index is 3.57. The van der Waals surface area contributed by atoms with Crippen molar-refractivity contribution < 1.29 is 14.6 Å². The summed E-state index contributed by atoms with van der Waals surface area (Å²) in [6.07, 6.45) is 7.39. The van der Waals surface area contributed by atoms with Gasteiger partial charge in [-0.3, -0.25) is 0 Å². The van der Waals surface area contributed by atoms with Crippen LogP contribution in [0.3, 0.4) is 0 Å². The highest BCUT2D eigenvalue weighted by Crippen LogP contribution is 2.06. The molecule has 0 rings (SSSR count). The van der Waals surface area contributed by atoms with Gasteiger partial charge in [0, 0.05) is 12.2 Å². The van der Waals surface area contributed by atoms with E-state index < -0.39 is 5.97 Å². The monoisotopic (exact) mass is 226 g/mol. The fourth-order valence-corrected chi connectivity index (χ4v) is 1.22. The number of carbonyl (C=O) groups is 1. The van der Waals surface area contributed by atoms with Crippen LogP contribution in [0.25, 0.3) is 0 Å². The Hall–Kier alpha value is -1.09. The normalized spacial score (nSPS) is 13.5. The molecule has 0 amide bonds. The fraction of sp³-hybridized carbons (Fsp3) is 0.615. The largest absolute Gasteiger partial charge is 0.478 e. The average Bonchev–Trinajstić information content (AvgIpc) is 2.24. The van der Waals surface area contributed by atoms with E-state index in [4.69, 9.17) is 9.84 Å². The highest BCUT2D eigenvalue weighted by molar-refractivity contribution is 5.85. The molecule has 92 valence electrons. The third-order valence-electron chi connectivity index (χ3n) is 2.32. The summed E-state index contributed by atoms with van der Waals surface area (Å²) in [5, 5.41) is 8.64. The average molecular weight is 226 g/mol. The van der Waals surface area contributed by atoms with Crippen molar-refractivity contribution >= 4 is 5.97 Å². The van der Waals surface area contributed by atoms with Gasteiger partial charge >= 0.3 is 5.97 Å². The highest BCUT2D eigenvalue weighted by Gasteiger charge is 2.02. The molecule has 1 unspecified atom stereocenters. The summed E-state index contributed by atoms with van der Waals surface area (Å²) in [6, 6.07) is 0. The summed E-state index contributed by atoms with van der Waals surface area (Å²) in [5.74, 6) is -0.848. The van der Waals surface area contributed by atoms with E-state index in [9.17, 15) is 4.79 Å². The number of aliphatic carboxylic acids is 1. The summed E-state index contributed by atoms with van der Waals surface area (Å²) in [6.45, 7) is 8.01. The summed E-state index contributed by atoms with van der Waals surface area (Å²) in [5.41, 5.74) is 0.402. The molecule has 0 aromatic carbocycles. The van der Waals surface area contributed by atoms with Crippen molar-refractivity contribution in [1.29, 1.82) is 0 Å². The van der Waals surface area contributed by atoms with E-state index in [0.29, 0.717) is 5.57 Å². The zero-order chi connectivity index (χ0) is 12.4. The van der Waals surface area contributed by atoms with Crippen molar-refractivity contribution in [2.75, 3.05) is 6.61 Å². The van der Waals surface area contributed by atoms with Gasteiger partial charge in [0.15, 0.2) is 0 Å². The molecule has 0 radical (unpaired) electrons. The van der Waals surface area contributed by atoms with E-state index in [-0.39, 0.29) is 6.10 Å². The second-order valence-corrected chi connectivity index (χ2v) is 3.88. The number of ether oxygens (including phenoxy) is 1. The van der Waals surface area contributed by atoms with Gasteiger partial charge < -0.3 is 9.84 Å². The predicted octanol–water partition coefficient (Wildman–Crippen LogP) is 3.17. The highest BCUT2D eigenvalue weighted by atomic mass is 16.5. The van der Waals surface area contributed by atoms with E-state index in [1.807, 2.05) is 13.0 Å². The first kappa shape index (κ1) is 14.9. The molecule has 0 saturated carbocycles. The molecule has 0 spiro atoms. The zero-order valence-corrected chi connectivity index (χ0v) is 10.2. The summed E-state index contributed by atoms with van der Waals surface area (Å²) < 4.78 is 5.56. The lowest BCUT2D eigenvalue weighted by molar-refractivity contribution is -0.132. The minimum Gasteiger partial charge on any atom is -0.478 e. The van der Waals surface area contributed by atoms with Crippen LogP contribution in [-0.2, 0) is 9.53 Å². The first-order chi connectivity index (χ1) is 7.57. The van der Waals surface area contributed by atoms with Crippen LogP contribution in [0.2, 0.25) is 0 Å². The smallest absolute Gasteiger partial charge is 0.330 e. The molecule has 0 heterocycles. The fourth-order valence-electron chi connectivity index (χ4n) is 1.22. The summed E-state index contributed by atoms with van der Waals surface area (Å²) in [4.78, 5) is 10.5. The molecule has 16 heavy (non-hydrogen) atoms. The first-order valence-electron chi connectivity index (χ1n) is 5.70. The Morgan fingerprint density at radius 3 is 2.75 bits per heavy atom. The maximum absolute atomic E-state index is 10.5. The van der Waals surface area contributed by atoms with Gasteiger partial charge in [-0.1, -0.05) is 12.2 Å². The zero-order valence-electron chi connectivity index (χ0n) is 10.2. The van der Waals surface area contributed by atoms with E-state index in [0.717, 1.165) is 32.3 Å². The van der Waals surface area contributed by atoms with Crippen LogP contribution in [0.1, 0.15) is 39.5 Å². The van der Waals surface area contributed by atoms with E-state index in [2.05, 4.69) is 6.58 Å². The Labute approximate surface area is 97.8 Å². The molecule has 1 atom stereocenters. The van der Waals surface area contributed by atoms with E-state index in [1.54, 1.807) is 13.0 Å². The van der Waals surface area contributed by atoms with E-state index in [1.165, 1.54) is 0 Å². The third kappa shape index (κ3) is 8.24. The lowest BCUT2D eigenvalue weighted by atomic mass is 10.1. The Kier molecular flexibility index (Phi) is 8.53. The number of carboxylic acids is 1. The predicted molar refractivity (Wildman–Crippen MR) is 65.5 cm³/mol. The van der Waals surface area contributed by atoms with Crippen molar-refractivity contribution in [3.8, 4) is 0 Å². The maximum atomic E-state index is 10.5. The molecule has 3 heteroatoms. The van der Waals surface area contributed by atoms with Gasteiger partial charge in [-0.15, -0.1) is 6.58 Å².